The number of H-pyrrole nitrogens is 1. The van der Waals surface area contributed by atoms with Crippen LogP contribution in [0.15, 0.2) is 24.5 Å². The fourth-order valence-electron chi connectivity index (χ4n) is 1.43. The summed E-state index contributed by atoms with van der Waals surface area (Å²) in [7, 11) is 0. The van der Waals surface area contributed by atoms with E-state index in [0.29, 0.717) is 6.54 Å². The van der Waals surface area contributed by atoms with Crippen LogP contribution < -0.4 is 10.6 Å². The molecule has 0 saturated heterocycles. The standard InChI is InChI=1S/C11H14N4O/c1-2-5-12-11(16)15-8-3-4-9-10(6-8)14-7-13-9/h3-4,6-7H,2,5H2,1H3,(H,13,14)(H2,12,15,16). The molecule has 0 radical (unpaired) electrons. The molecule has 2 aromatic rings. The zero-order valence-corrected chi connectivity index (χ0v) is 9.08. The molecule has 1 aromatic heterocycles. The fraction of sp³-hybridized carbons (Fsp3) is 0.273. The highest BCUT2D eigenvalue weighted by Gasteiger charge is 2.02. The molecule has 0 unspecified atom stereocenters. The summed E-state index contributed by atoms with van der Waals surface area (Å²) in [6, 6.07) is 5.37. The van der Waals surface area contributed by atoms with Gasteiger partial charge in [-0.1, -0.05) is 6.92 Å². The van der Waals surface area contributed by atoms with Gasteiger partial charge in [0.15, 0.2) is 0 Å². The van der Waals surface area contributed by atoms with Gasteiger partial charge in [-0.2, -0.15) is 0 Å². The summed E-state index contributed by atoms with van der Waals surface area (Å²) in [6.07, 6.45) is 2.55. The fourth-order valence-corrected chi connectivity index (χ4v) is 1.43. The summed E-state index contributed by atoms with van der Waals surface area (Å²) in [5, 5.41) is 5.51. The zero-order chi connectivity index (χ0) is 11.4. The van der Waals surface area contributed by atoms with Gasteiger partial charge in [0.1, 0.15) is 0 Å². The summed E-state index contributed by atoms with van der Waals surface area (Å²) >= 11 is 0. The Balaban J connectivity index is 2.06. The Morgan fingerprint density at radius 1 is 1.50 bits per heavy atom. The Labute approximate surface area is 93.3 Å². The molecular weight excluding hydrogens is 204 g/mol. The van der Waals surface area contributed by atoms with Crippen LogP contribution in [-0.2, 0) is 0 Å². The van der Waals surface area contributed by atoms with E-state index in [1.807, 2.05) is 25.1 Å². The molecule has 0 atom stereocenters. The maximum Gasteiger partial charge on any atom is 0.319 e. The van der Waals surface area contributed by atoms with Crippen molar-refractivity contribution >= 4 is 22.8 Å². The van der Waals surface area contributed by atoms with Gasteiger partial charge < -0.3 is 15.6 Å². The van der Waals surface area contributed by atoms with Crippen LogP contribution >= 0.6 is 0 Å². The number of carbonyl (C=O) groups excluding carboxylic acids is 1. The Morgan fingerprint density at radius 3 is 3.19 bits per heavy atom. The Hall–Kier alpha value is -2.04. The summed E-state index contributed by atoms with van der Waals surface area (Å²) in [5.74, 6) is 0. The first-order valence-corrected chi connectivity index (χ1v) is 5.27. The SMILES string of the molecule is CCCNC(=O)Nc1ccc2nc[nH]c2c1. The molecule has 0 aliphatic carbocycles. The summed E-state index contributed by atoms with van der Waals surface area (Å²) < 4.78 is 0. The quantitative estimate of drug-likeness (QED) is 0.738. The van der Waals surface area contributed by atoms with E-state index in [1.165, 1.54) is 0 Å². The smallest absolute Gasteiger partial charge is 0.319 e. The lowest BCUT2D eigenvalue weighted by Crippen LogP contribution is -2.29. The Bertz CT molecular complexity index is 491. The lowest BCUT2D eigenvalue weighted by molar-refractivity contribution is 0.252. The van der Waals surface area contributed by atoms with Crippen molar-refractivity contribution < 1.29 is 4.79 Å². The van der Waals surface area contributed by atoms with Crippen LogP contribution in [0, 0.1) is 0 Å². The van der Waals surface area contributed by atoms with Gasteiger partial charge in [-0.05, 0) is 24.6 Å². The van der Waals surface area contributed by atoms with Crippen LogP contribution in [0.1, 0.15) is 13.3 Å². The number of hydrogen-bond acceptors (Lipinski definition) is 2. The number of hydrogen-bond donors (Lipinski definition) is 3. The van der Waals surface area contributed by atoms with Gasteiger partial charge in [-0.25, -0.2) is 9.78 Å². The number of imidazole rings is 1. The monoisotopic (exact) mass is 218 g/mol. The van der Waals surface area contributed by atoms with Gasteiger partial charge in [0.2, 0.25) is 0 Å². The van der Waals surface area contributed by atoms with E-state index >= 15 is 0 Å². The number of aromatic nitrogens is 2. The minimum atomic E-state index is -0.180. The zero-order valence-electron chi connectivity index (χ0n) is 9.08. The van der Waals surface area contributed by atoms with Crippen molar-refractivity contribution in [3.8, 4) is 0 Å². The lowest BCUT2D eigenvalue weighted by atomic mass is 10.3. The van der Waals surface area contributed by atoms with Gasteiger partial charge in [0.05, 0.1) is 17.4 Å². The van der Waals surface area contributed by atoms with Gasteiger partial charge >= 0.3 is 6.03 Å². The third-order valence-electron chi connectivity index (χ3n) is 2.21. The largest absolute Gasteiger partial charge is 0.345 e. The predicted octanol–water partition coefficient (Wildman–Crippen LogP) is 2.09. The molecule has 3 N–H and O–H groups in total. The van der Waals surface area contributed by atoms with Crippen molar-refractivity contribution in [1.29, 1.82) is 0 Å². The molecule has 5 nitrogen and oxygen atoms in total. The Kier molecular flexibility index (Phi) is 3.05. The van der Waals surface area contributed by atoms with Crippen LogP contribution in [0.25, 0.3) is 11.0 Å². The average molecular weight is 218 g/mol. The van der Waals surface area contributed by atoms with E-state index < -0.39 is 0 Å². The van der Waals surface area contributed by atoms with E-state index in [-0.39, 0.29) is 6.03 Å². The molecular formula is C11H14N4O. The second-order valence-electron chi connectivity index (χ2n) is 3.52. The number of anilines is 1. The second kappa shape index (κ2) is 4.65. The number of rotatable bonds is 3. The summed E-state index contributed by atoms with van der Waals surface area (Å²) in [4.78, 5) is 18.5. The topological polar surface area (TPSA) is 69.8 Å². The molecule has 2 rings (SSSR count). The van der Waals surface area contributed by atoms with Crippen LogP contribution in [0.5, 0.6) is 0 Å². The molecule has 16 heavy (non-hydrogen) atoms. The van der Waals surface area contributed by atoms with E-state index in [4.69, 9.17) is 0 Å². The number of nitrogens with one attached hydrogen (secondary N) is 3. The van der Waals surface area contributed by atoms with Crippen molar-refractivity contribution in [3.63, 3.8) is 0 Å². The van der Waals surface area contributed by atoms with Crippen LogP contribution in [0.4, 0.5) is 10.5 Å². The lowest BCUT2D eigenvalue weighted by Gasteiger charge is -2.06. The molecule has 2 amide bonds. The number of carbonyl (C=O) groups is 1. The van der Waals surface area contributed by atoms with Crippen molar-refractivity contribution in [1.82, 2.24) is 15.3 Å². The summed E-state index contributed by atoms with van der Waals surface area (Å²) in [5.41, 5.74) is 2.55. The van der Waals surface area contributed by atoms with Gasteiger partial charge in [-0.3, -0.25) is 0 Å². The van der Waals surface area contributed by atoms with Crippen molar-refractivity contribution in [2.75, 3.05) is 11.9 Å². The highest BCUT2D eigenvalue weighted by molar-refractivity contribution is 5.91. The van der Waals surface area contributed by atoms with Crippen molar-refractivity contribution in [2.45, 2.75) is 13.3 Å². The van der Waals surface area contributed by atoms with E-state index in [9.17, 15) is 4.79 Å². The van der Waals surface area contributed by atoms with Crippen LogP contribution in [0.3, 0.4) is 0 Å². The van der Waals surface area contributed by atoms with Gasteiger partial charge in [-0.15, -0.1) is 0 Å². The van der Waals surface area contributed by atoms with Gasteiger partial charge in [0, 0.05) is 12.2 Å². The number of urea groups is 1. The number of amides is 2. The normalized spacial score (nSPS) is 10.3. The van der Waals surface area contributed by atoms with Crippen molar-refractivity contribution in [3.05, 3.63) is 24.5 Å². The molecule has 0 bridgehead atoms. The number of benzene rings is 1. The number of aromatic amines is 1. The molecule has 1 heterocycles. The molecule has 1 aromatic carbocycles. The first-order chi connectivity index (χ1) is 7.79. The molecule has 0 aliphatic rings. The van der Waals surface area contributed by atoms with Crippen molar-refractivity contribution in [2.24, 2.45) is 0 Å². The maximum atomic E-state index is 11.4. The molecule has 5 heteroatoms. The highest BCUT2D eigenvalue weighted by atomic mass is 16.2. The first kappa shape index (κ1) is 10.5. The third-order valence-corrected chi connectivity index (χ3v) is 2.21. The third kappa shape index (κ3) is 2.31. The number of nitrogens with zero attached hydrogens (tertiary/aromatic N) is 1. The van der Waals surface area contributed by atoms with Gasteiger partial charge in [0.25, 0.3) is 0 Å². The highest BCUT2D eigenvalue weighted by Crippen LogP contribution is 2.15. The molecule has 0 spiro atoms. The Morgan fingerprint density at radius 2 is 2.38 bits per heavy atom. The van der Waals surface area contributed by atoms with Crippen LogP contribution in [-0.4, -0.2) is 22.5 Å². The first-order valence-electron chi connectivity index (χ1n) is 5.27. The second-order valence-corrected chi connectivity index (χ2v) is 3.52. The summed E-state index contributed by atoms with van der Waals surface area (Å²) in [6.45, 7) is 2.69. The van der Waals surface area contributed by atoms with Crippen LogP contribution in [0.2, 0.25) is 0 Å². The predicted molar refractivity (Wildman–Crippen MR) is 63.4 cm³/mol. The molecule has 84 valence electrons. The molecule has 0 fully saturated rings. The molecule has 0 saturated carbocycles. The van der Waals surface area contributed by atoms with E-state index in [2.05, 4.69) is 20.6 Å². The number of fused-ring (bicyclic) bond motifs is 1. The minimum Gasteiger partial charge on any atom is -0.345 e. The average Bonchev–Trinajstić information content (AvgIpc) is 2.73. The molecule has 0 aliphatic heterocycles. The minimum absolute atomic E-state index is 0.180. The van der Waals surface area contributed by atoms with E-state index in [0.717, 1.165) is 23.1 Å². The maximum absolute atomic E-state index is 11.4. The van der Waals surface area contributed by atoms with E-state index in [1.54, 1.807) is 6.33 Å².